The second-order valence-electron chi connectivity index (χ2n) is 8.08. The molecule has 166 valence electrons. The van der Waals surface area contributed by atoms with Crippen molar-refractivity contribution in [2.75, 3.05) is 11.9 Å². The number of hydrogen-bond acceptors (Lipinski definition) is 3. The van der Waals surface area contributed by atoms with Crippen LogP contribution in [0.25, 0.3) is 0 Å². The third kappa shape index (κ3) is 4.65. The van der Waals surface area contributed by atoms with Crippen LogP contribution in [0.5, 0.6) is 0 Å². The summed E-state index contributed by atoms with van der Waals surface area (Å²) < 4.78 is 16.0. The Morgan fingerprint density at radius 2 is 2.00 bits per heavy atom. The number of carbonyl (C=O) groups is 1. The van der Waals surface area contributed by atoms with Crippen molar-refractivity contribution in [1.29, 1.82) is 0 Å². The molecule has 1 aliphatic heterocycles. The van der Waals surface area contributed by atoms with E-state index in [1.165, 1.54) is 6.07 Å². The maximum Gasteiger partial charge on any atom is 0.226 e. The minimum atomic E-state index is -0.456. The van der Waals surface area contributed by atoms with Gasteiger partial charge in [0, 0.05) is 37.6 Å². The molecule has 0 radical (unpaired) electrons. The molecular formula is C24H26FN5OS. The van der Waals surface area contributed by atoms with E-state index in [4.69, 9.17) is 12.2 Å². The van der Waals surface area contributed by atoms with Gasteiger partial charge in [0.1, 0.15) is 5.82 Å². The molecule has 1 amide bonds. The second kappa shape index (κ2) is 9.48. The van der Waals surface area contributed by atoms with Crippen LogP contribution in [0.1, 0.15) is 49.7 Å². The number of anilines is 1. The standard InChI is InChI=1S/C24H26FN5OS/c1-16(2)29-13-10-17(15-29)23-22(20-9-5-6-12-26-20)28-24(32)30(23)14-11-21(31)27-19-8-4-3-7-18(19)25/h3-10,12-13,15-16,22-23H,11,14H2,1-2H3,(H,27,31)(H,28,32)/t22-,23+/m1/s1. The largest absolute Gasteiger partial charge is 0.352 e. The molecule has 1 fully saturated rings. The van der Waals surface area contributed by atoms with E-state index in [0.29, 0.717) is 17.7 Å². The van der Waals surface area contributed by atoms with Gasteiger partial charge in [-0.15, -0.1) is 0 Å². The number of nitrogens with one attached hydrogen (secondary N) is 2. The lowest BCUT2D eigenvalue weighted by atomic mass is 9.99. The molecule has 3 heterocycles. The van der Waals surface area contributed by atoms with Gasteiger partial charge in [0.15, 0.2) is 5.11 Å². The third-order valence-corrected chi connectivity index (χ3v) is 5.95. The van der Waals surface area contributed by atoms with E-state index < -0.39 is 5.82 Å². The van der Waals surface area contributed by atoms with Crippen molar-refractivity contribution < 1.29 is 9.18 Å². The Bertz CT molecular complexity index is 1100. The normalized spacial score (nSPS) is 18.1. The van der Waals surface area contributed by atoms with E-state index in [1.807, 2.05) is 23.1 Å². The molecule has 3 aromatic rings. The lowest BCUT2D eigenvalue weighted by molar-refractivity contribution is -0.116. The molecule has 2 N–H and O–H groups in total. The molecule has 0 spiro atoms. The molecule has 0 aliphatic carbocycles. The molecule has 2 aromatic heterocycles. The zero-order chi connectivity index (χ0) is 22.7. The molecular weight excluding hydrogens is 425 g/mol. The zero-order valence-electron chi connectivity index (χ0n) is 18.0. The molecule has 2 atom stereocenters. The average Bonchev–Trinajstić information content (AvgIpc) is 3.39. The van der Waals surface area contributed by atoms with Gasteiger partial charge in [0.05, 0.1) is 23.5 Å². The number of hydrogen-bond donors (Lipinski definition) is 2. The highest BCUT2D eigenvalue weighted by Crippen LogP contribution is 2.39. The van der Waals surface area contributed by atoms with Gasteiger partial charge in [-0.1, -0.05) is 18.2 Å². The highest BCUT2D eigenvalue weighted by Gasteiger charge is 2.40. The Kier molecular flexibility index (Phi) is 6.50. The molecule has 6 nitrogen and oxygen atoms in total. The summed E-state index contributed by atoms with van der Waals surface area (Å²) in [4.78, 5) is 19.1. The summed E-state index contributed by atoms with van der Waals surface area (Å²) >= 11 is 5.64. The topological polar surface area (TPSA) is 62.2 Å². The fraction of sp³-hybridized carbons (Fsp3) is 0.292. The molecule has 0 unspecified atom stereocenters. The van der Waals surface area contributed by atoms with Gasteiger partial charge >= 0.3 is 0 Å². The van der Waals surface area contributed by atoms with Crippen LogP contribution in [0.2, 0.25) is 0 Å². The summed E-state index contributed by atoms with van der Waals surface area (Å²) in [5, 5.41) is 6.60. The van der Waals surface area contributed by atoms with Crippen LogP contribution < -0.4 is 10.6 Å². The van der Waals surface area contributed by atoms with Crippen molar-refractivity contribution in [1.82, 2.24) is 19.8 Å². The average molecular weight is 452 g/mol. The Labute approximate surface area is 192 Å². The molecule has 8 heteroatoms. The predicted octanol–water partition coefficient (Wildman–Crippen LogP) is 4.60. The number of aromatic nitrogens is 2. The van der Waals surface area contributed by atoms with Crippen LogP contribution in [-0.2, 0) is 4.79 Å². The lowest BCUT2D eigenvalue weighted by Crippen LogP contribution is -2.32. The van der Waals surface area contributed by atoms with E-state index in [-0.39, 0.29) is 30.1 Å². The zero-order valence-corrected chi connectivity index (χ0v) is 18.8. The fourth-order valence-corrected chi connectivity index (χ4v) is 4.27. The summed E-state index contributed by atoms with van der Waals surface area (Å²) in [6.45, 7) is 4.65. The van der Waals surface area contributed by atoms with Crippen LogP contribution >= 0.6 is 12.2 Å². The predicted molar refractivity (Wildman–Crippen MR) is 127 cm³/mol. The van der Waals surface area contributed by atoms with Crippen molar-refractivity contribution in [3.8, 4) is 0 Å². The van der Waals surface area contributed by atoms with Crippen LogP contribution in [0.15, 0.2) is 67.1 Å². The first kappa shape index (κ1) is 22.0. The summed E-state index contributed by atoms with van der Waals surface area (Å²) in [6, 6.07) is 14.1. The monoisotopic (exact) mass is 451 g/mol. The summed E-state index contributed by atoms with van der Waals surface area (Å²) in [6.07, 6.45) is 6.11. The van der Waals surface area contributed by atoms with E-state index in [9.17, 15) is 9.18 Å². The number of amides is 1. The first-order valence-electron chi connectivity index (χ1n) is 10.6. The van der Waals surface area contributed by atoms with Gasteiger partial charge < -0.3 is 20.1 Å². The number of pyridine rings is 1. The Morgan fingerprint density at radius 1 is 1.22 bits per heavy atom. The number of rotatable bonds is 7. The van der Waals surface area contributed by atoms with Crippen LogP contribution in [0.3, 0.4) is 0 Å². The molecule has 1 aromatic carbocycles. The number of carbonyl (C=O) groups excluding carboxylic acids is 1. The van der Waals surface area contributed by atoms with Crippen LogP contribution in [-0.4, -0.2) is 32.0 Å². The Balaban J connectivity index is 1.55. The smallest absolute Gasteiger partial charge is 0.226 e. The minimum absolute atomic E-state index is 0.112. The third-order valence-electron chi connectivity index (χ3n) is 5.60. The van der Waals surface area contributed by atoms with Crippen molar-refractivity contribution in [3.05, 3.63) is 84.2 Å². The number of benzene rings is 1. The maximum atomic E-state index is 13.9. The molecule has 0 bridgehead atoms. The van der Waals surface area contributed by atoms with Crippen molar-refractivity contribution in [2.24, 2.45) is 0 Å². The number of para-hydroxylation sites is 1. The molecule has 0 saturated carbocycles. The van der Waals surface area contributed by atoms with Crippen molar-refractivity contribution in [3.63, 3.8) is 0 Å². The van der Waals surface area contributed by atoms with Gasteiger partial charge in [-0.25, -0.2) is 4.39 Å². The van der Waals surface area contributed by atoms with Gasteiger partial charge in [-0.05, 0) is 62.0 Å². The van der Waals surface area contributed by atoms with Crippen LogP contribution in [0, 0.1) is 5.82 Å². The Hall–Kier alpha value is -3.26. The molecule has 1 aliphatic rings. The Morgan fingerprint density at radius 3 is 2.69 bits per heavy atom. The SMILES string of the molecule is CC(C)n1ccc([C@H]2[C@@H](c3ccccn3)NC(=S)N2CCC(=O)Nc2ccccc2F)c1. The molecule has 1 saturated heterocycles. The van der Waals surface area contributed by atoms with E-state index >= 15 is 0 Å². The van der Waals surface area contributed by atoms with Crippen molar-refractivity contribution in [2.45, 2.75) is 38.4 Å². The van der Waals surface area contributed by atoms with Gasteiger partial charge in [-0.2, -0.15) is 0 Å². The van der Waals surface area contributed by atoms with Gasteiger partial charge in [-0.3, -0.25) is 9.78 Å². The summed E-state index contributed by atoms with van der Waals surface area (Å²) in [5.74, 6) is -0.722. The van der Waals surface area contributed by atoms with Gasteiger partial charge in [0.2, 0.25) is 5.91 Å². The highest BCUT2D eigenvalue weighted by atomic mass is 32.1. The fourth-order valence-electron chi connectivity index (χ4n) is 3.93. The number of nitrogens with zero attached hydrogens (tertiary/aromatic N) is 3. The lowest BCUT2D eigenvalue weighted by Gasteiger charge is -2.27. The number of thiocarbonyl (C=S) groups is 1. The minimum Gasteiger partial charge on any atom is -0.352 e. The molecule has 4 rings (SSSR count). The number of halogens is 1. The molecule has 32 heavy (non-hydrogen) atoms. The first-order valence-corrected chi connectivity index (χ1v) is 11.0. The van der Waals surface area contributed by atoms with E-state index in [0.717, 1.165) is 11.3 Å². The van der Waals surface area contributed by atoms with Gasteiger partial charge in [0.25, 0.3) is 0 Å². The van der Waals surface area contributed by atoms with Crippen molar-refractivity contribution >= 4 is 28.9 Å². The summed E-state index contributed by atoms with van der Waals surface area (Å²) in [7, 11) is 0. The van der Waals surface area contributed by atoms with Crippen LogP contribution in [0.4, 0.5) is 10.1 Å². The highest BCUT2D eigenvalue weighted by molar-refractivity contribution is 7.80. The maximum absolute atomic E-state index is 13.9. The quantitative estimate of drug-likeness (QED) is 0.514. The first-order chi connectivity index (χ1) is 15.4. The second-order valence-corrected chi connectivity index (χ2v) is 8.47. The van der Waals surface area contributed by atoms with E-state index in [1.54, 1.807) is 24.4 Å². The van der Waals surface area contributed by atoms with E-state index in [2.05, 4.69) is 52.5 Å². The summed E-state index contributed by atoms with van der Waals surface area (Å²) in [5.41, 5.74) is 2.16.